The first-order valence-electron chi connectivity index (χ1n) is 7.30. The molecule has 0 saturated carbocycles. The lowest BCUT2D eigenvalue weighted by atomic mass is 10.2. The normalized spacial score (nSPS) is 10.6. The van der Waals surface area contributed by atoms with Crippen LogP contribution in [0.15, 0.2) is 42.7 Å². The number of nitrogen functional groups attached to an aromatic ring is 1. The molecule has 3 aromatic rings. The van der Waals surface area contributed by atoms with Crippen LogP contribution in [0.4, 0.5) is 28.7 Å². The molecule has 0 aliphatic rings. The van der Waals surface area contributed by atoms with Crippen LogP contribution in [0.3, 0.4) is 0 Å². The number of halogens is 3. The van der Waals surface area contributed by atoms with Gasteiger partial charge in [0, 0.05) is 16.4 Å². The molecule has 5 nitrogen and oxygen atoms in total. The molecule has 0 spiro atoms. The van der Waals surface area contributed by atoms with E-state index in [-0.39, 0.29) is 0 Å². The third-order valence-corrected chi connectivity index (χ3v) is 4.74. The summed E-state index contributed by atoms with van der Waals surface area (Å²) in [6.07, 6.45) is 1.42. The summed E-state index contributed by atoms with van der Waals surface area (Å²) in [5, 5.41) is 7.86. The molecule has 25 heavy (non-hydrogen) atoms. The van der Waals surface area contributed by atoms with E-state index in [2.05, 4.69) is 20.6 Å². The van der Waals surface area contributed by atoms with Crippen molar-refractivity contribution in [3.63, 3.8) is 0 Å². The Balaban J connectivity index is 1.89. The molecular formula is C17H14Cl3N5. The number of hydrogen-bond acceptors (Lipinski definition) is 5. The van der Waals surface area contributed by atoms with Gasteiger partial charge in [-0.1, -0.05) is 40.9 Å². The van der Waals surface area contributed by atoms with Gasteiger partial charge in [0.15, 0.2) is 11.6 Å². The molecular weight excluding hydrogens is 381 g/mol. The van der Waals surface area contributed by atoms with Crippen LogP contribution in [0.5, 0.6) is 0 Å². The highest BCUT2D eigenvalue weighted by atomic mass is 35.5. The summed E-state index contributed by atoms with van der Waals surface area (Å²) in [6, 6.07) is 10.7. The summed E-state index contributed by atoms with van der Waals surface area (Å²) in [4.78, 5) is 8.38. The highest BCUT2D eigenvalue weighted by molar-refractivity contribution is 6.42. The molecule has 1 aromatic heterocycles. The summed E-state index contributed by atoms with van der Waals surface area (Å²) < 4.78 is 0. The Kier molecular flexibility index (Phi) is 5.18. The molecule has 0 unspecified atom stereocenters. The SMILES string of the molecule is Cc1c(Cl)cccc1Nc1ncnc(Nc2ccc(Cl)c(Cl)c2)c1N. The van der Waals surface area contributed by atoms with E-state index in [0.29, 0.717) is 38.1 Å². The molecule has 0 aliphatic heterocycles. The lowest BCUT2D eigenvalue weighted by Gasteiger charge is -2.14. The standard InChI is InChI=1S/C17H14Cl3N5/c1-9-11(18)3-2-4-14(9)25-17-15(21)16(22-8-23-17)24-10-5-6-12(19)13(20)7-10/h2-8H,21H2,1H3,(H2,22,23,24,25). The number of aromatic nitrogens is 2. The quantitative estimate of drug-likeness (QED) is 0.520. The van der Waals surface area contributed by atoms with E-state index in [1.165, 1.54) is 6.33 Å². The maximum Gasteiger partial charge on any atom is 0.159 e. The Bertz CT molecular complexity index is 930. The third kappa shape index (κ3) is 3.90. The minimum absolute atomic E-state index is 0.368. The van der Waals surface area contributed by atoms with E-state index in [1.54, 1.807) is 18.2 Å². The monoisotopic (exact) mass is 393 g/mol. The van der Waals surface area contributed by atoms with Crippen LogP contribution in [-0.2, 0) is 0 Å². The second-order valence-electron chi connectivity index (χ2n) is 5.28. The summed E-state index contributed by atoms with van der Waals surface area (Å²) in [7, 11) is 0. The molecule has 0 amide bonds. The number of hydrogen-bond donors (Lipinski definition) is 3. The molecule has 8 heteroatoms. The summed E-state index contributed by atoms with van der Waals surface area (Å²) in [6.45, 7) is 1.91. The Morgan fingerprint density at radius 3 is 2.32 bits per heavy atom. The van der Waals surface area contributed by atoms with E-state index in [4.69, 9.17) is 40.5 Å². The number of nitrogens with two attached hydrogens (primary N) is 1. The molecule has 0 atom stereocenters. The number of rotatable bonds is 4. The summed E-state index contributed by atoms with van der Waals surface area (Å²) in [5.74, 6) is 0.929. The minimum Gasteiger partial charge on any atom is -0.393 e. The van der Waals surface area contributed by atoms with Gasteiger partial charge < -0.3 is 16.4 Å². The van der Waals surface area contributed by atoms with Gasteiger partial charge in [0.25, 0.3) is 0 Å². The van der Waals surface area contributed by atoms with E-state index in [9.17, 15) is 0 Å². The van der Waals surface area contributed by atoms with Gasteiger partial charge in [0.05, 0.1) is 10.0 Å². The van der Waals surface area contributed by atoms with Crippen LogP contribution in [0.25, 0.3) is 0 Å². The molecule has 128 valence electrons. The summed E-state index contributed by atoms with van der Waals surface area (Å²) in [5.41, 5.74) is 9.00. The maximum atomic E-state index is 6.19. The van der Waals surface area contributed by atoms with Crippen LogP contribution in [0, 0.1) is 6.92 Å². The molecule has 0 saturated heterocycles. The van der Waals surface area contributed by atoms with Crippen LogP contribution in [-0.4, -0.2) is 9.97 Å². The third-order valence-electron chi connectivity index (χ3n) is 3.59. The van der Waals surface area contributed by atoms with Crippen molar-refractivity contribution in [1.82, 2.24) is 9.97 Å². The van der Waals surface area contributed by atoms with Gasteiger partial charge in [0.2, 0.25) is 0 Å². The zero-order chi connectivity index (χ0) is 18.0. The average molecular weight is 395 g/mol. The van der Waals surface area contributed by atoms with Gasteiger partial charge in [-0.25, -0.2) is 9.97 Å². The predicted octanol–water partition coefficient (Wildman–Crippen LogP) is 5.81. The lowest BCUT2D eigenvalue weighted by Crippen LogP contribution is -2.05. The van der Waals surface area contributed by atoms with Gasteiger partial charge in [-0.2, -0.15) is 0 Å². The second kappa shape index (κ2) is 7.35. The topological polar surface area (TPSA) is 75.9 Å². The van der Waals surface area contributed by atoms with E-state index >= 15 is 0 Å². The maximum absolute atomic E-state index is 6.19. The fourth-order valence-electron chi connectivity index (χ4n) is 2.18. The van der Waals surface area contributed by atoms with Crippen molar-refractivity contribution in [2.75, 3.05) is 16.4 Å². The molecule has 3 rings (SSSR count). The van der Waals surface area contributed by atoms with Gasteiger partial charge >= 0.3 is 0 Å². The van der Waals surface area contributed by atoms with Gasteiger partial charge in [-0.15, -0.1) is 0 Å². The smallest absolute Gasteiger partial charge is 0.159 e. The highest BCUT2D eigenvalue weighted by Gasteiger charge is 2.11. The Morgan fingerprint density at radius 1 is 0.880 bits per heavy atom. The molecule has 0 fully saturated rings. The van der Waals surface area contributed by atoms with Crippen molar-refractivity contribution in [3.05, 3.63) is 63.4 Å². The highest BCUT2D eigenvalue weighted by Crippen LogP contribution is 2.32. The molecule has 0 radical (unpaired) electrons. The van der Waals surface area contributed by atoms with Gasteiger partial charge in [0.1, 0.15) is 12.0 Å². The fourth-order valence-corrected chi connectivity index (χ4v) is 2.65. The van der Waals surface area contributed by atoms with Gasteiger partial charge in [-0.3, -0.25) is 0 Å². The van der Waals surface area contributed by atoms with E-state index < -0.39 is 0 Å². The van der Waals surface area contributed by atoms with Crippen LogP contribution >= 0.6 is 34.8 Å². The van der Waals surface area contributed by atoms with Crippen LogP contribution in [0.1, 0.15) is 5.56 Å². The van der Waals surface area contributed by atoms with Crippen LogP contribution < -0.4 is 16.4 Å². The van der Waals surface area contributed by atoms with Crippen molar-refractivity contribution < 1.29 is 0 Å². The van der Waals surface area contributed by atoms with Crippen molar-refractivity contribution in [1.29, 1.82) is 0 Å². The van der Waals surface area contributed by atoms with Gasteiger partial charge in [-0.05, 0) is 42.8 Å². The number of benzene rings is 2. The molecule has 2 aromatic carbocycles. The first kappa shape index (κ1) is 17.6. The van der Waals surface area contributed by atoms with Crippen molar-refractivity contribution >= 4 is 63.5 Å². The Hall–Kier alpha value is -2.21. The first-order chi connectivity index (χ1) is 12.0. The van der Waals surface area contributed by atoms with Crippen molar-refractivity contribution in [2.45, 2.75) is 6.92 Å². The van der Waals surface area contributed by atoms with E-state index in [1.807, 2.05) is 25.1 Å². The predicted molar refractivity (Wildman–Crippen MR) is 106 cm³/mol. The van der Waals surface area contributed by atoms with Crippen molar-refractivity contribution in [3.8, 4) is 0 Å². The minimum atomic E-state index is 0.368. The van der Waals surface area contributed by atoms with Crippen LogP contribution in [0.2, 0.25) is 15.1 Å². The molecule has 1 heterocycles. The van der Waals surface area contributed by atoms with E-state index in [0.717, 1.165) is 11.3 Å². The largest absolute Gasteiger partial charge is 0.393 e. The lowest BCUT2D eigenvalue weighted by molar-refractivity contribution is 1.17. The second-order valence-corrected chi connectivity index (χ2v) is 6.50. The molecule has 0 aliphatic carbocycles. The molecule has 0 bridgehead atoms. The number of nitrogens with one attached hydrogen (secondary N) is 2. The summed E-state index contributed by atoms with van der Waals surface area (Å²) >= 11 is 18.1. The fraction of sp³-hybridized carbons (Fsp3) is 0.0588. The Morgan fingerprint density at radius 2 is 1.60 bits per heavy atom. The van der Waals surface area contributed by atoms with Crippen molar-refractivity contribution in [2.24, 2.45) is 0 Å². The number of anilines is 5. The molecule has 4 N–H and O–H groups in total. The average Bonchev–Trinajstić information content (AvgIpc) is 2.59. The Labute approximate surface area is 160 Å². The zero-order valence-electron chi connectivity index (χ0n) is 13.1. The first-order valence-corrected chi connectivity index (χ1v) is 8.44. The number of nitrogens with zero attached hydrogens (tertiary/aromatic N) is 2. The zero-order valence-corrected chi connectivity index (χ0v) is 15.4.